The van der Waals surface area contributed by atoms with E-state index in [0.717, 1.165) is 24.1 Å². The zero-order valence-electron chi connectivity index (χ0n) is 21.2. The summed E-state index contributed by atoms with van der Waals surface area (Å²) in [5.74, 6) is -2.82. The molecular weight excluding hydrogens is 470 g/mol. The van der Waals surface area contributed by atoms with Gasteiger partial charge >= 0.3 is 0 Å². The third-order valence-corrected chi connectivity index (χ3v) is 6.76. The number of hydrogen-bond donors (Lipinski definition) is 2. The molecule has 3 aliphatic heterocycles. The summed E-state index contributed by atoms with van der Waals surface area (Å²) in [6, 6.07) is 5.85. The quantitative estimate of drug-likeness (QED) is 0.362. The summed E-state index contributed by atoms with van der Waals surface area (Å²) in [6.07, 6.45) is 2.36. The minimum atomic E-state index is -3.05. The van der Waals surface area contributed by atoms with Crippen LogP contribution in [0.25, 0.3) is 0 Å². The van der Waals surface area contributed by atoms with E-state index < -0.39 is 19.0 Å². The molecule has 4 aliphatic rings. The van der Waals surface area contributed by atoms with E-state index in [1.165, 1.54) is 9.80 Å². The molecule has 2 N–H and O–H groups in total. The lowest BCUT2D eigenvalue weighted by molar-refractivity contribution is -0.135. The summed E-state index contributed by atoms with van der Waals surface area (Å²) in [7, 11) is 0. The van der Waals surface area contributed by atoms with Crippen molar-refractivity contribution in [3.8, 4) is 0 Å². The van der Waals surface area contributed by atoms with Gasteiger partial charge in [0.05, 0.1) is 38.0 Å². The minimum Gasteiger partial charge on any atom is -0.377 e. The van der Waals surface area contributed by atoms with Crippen LogP contribution in [-0.4, -0.2) is 78.8 Å². The molecular formula is C25H36F2N6O3. The zero-order chi connectivity index (χ0) is 25.9. The van der Waals surface area contributed by atoms with Crippen molar-refractivity contribution in [1.82, 2.24) is 15.2 Å². The van der Waals surface area contributed by atoms with E-state index in [1.54, 1.807) is 13.0 Å². The van der Waals surface area contributed by atoms with E-state index in [4.69, 9.17) is 15.0 Å². The molecule has 1 aromatic carbocycles. The molecule has 0 radical (unpaired) electrons. The average Bonchev–Trinajstić information content (AvgIpc) is 3.59. The van der Waals surface area contributed by atoms with Crippen LogP contribution in [0.15, 0.2) is 23.4 Å². The number of ether oxygens (including phenoxy) is 1. The lowest BCUT2D eigenvalue weighted by Gasteiger charge is -2.36. The van der Waals surface area contributed by atoms with Crippen molar-refractivity contribution in [3.05, 3.63) is 29.3 Å². The predicted octanol–water partition coefficient (Wildman–Crippen LogP) is 3.19. The first kappa shape index (κ1) is 26.3. The van der Waals surface area contributed by atoms with Crippen LogP contribution in [0.1, 0.15) is 51.2 Å². The summed E-state index contributed by atoms with van der Waals surface area (Å²) in [6.45, 7) is 6.91. The first-order valence-corrected chi connectivity index (χ1v) is 12.7. The maximum absolute atomic E-state index is 14.6. The third kappa shape index (κ3) is 6.12. The molecule has 5 rings (SSSR count). The molecule has 1 amide bonds. The fraction of sp³-hybridized carbons (Fsp3) is 0.640. The SMILES string of the molecule is C/C(=N\OC(=N)c1ccc2c(c1)N(C1COC1)NC2)N1CCN(C(=O)CC2CC2)CC(F)(F)C1.CC. The standard InChI is InChI=1S/C23H30F2N6O3.C2H6/c1-15(29-6-7-30(14-23(24,25)13-29)21(32)8-16-2-3-16)28-34-22(26)17-4-5-18-10-27-31(20(18)9-17)19-11-33-12-19;1-2/h4-5,9,16,19,26-27H,2-3,6-8,10-14H2,1H3;1-2H3/b26-22?,28-15+;. The minimum absolute atomic E-state index is 0.165. The third-order valence-electron chi connectivity index (χ3n) is 6.76. The molecule has 3 heterocycles. The first-order chi connectivity index (χ1) is 17.3. The van der Waals surface area contributed by atoms with Crippen molar-refractivity contribution >= 4 is 23.3 Å². The number of alkyl halides is 2. The topological polar surface area (TPSA) is 93.5 Å². The van der Waals surface area contributed by atoms with Gasteiger partial charge < -0.3 is 24.4 Å². The van der Waals surface area contributed by atoms with Gasteiger partial charge in [0.25, 0.3) is 5.92 Å². The van der Waals surface area contributed by atoms with Crippen LogP contribution in [-0.2, 0) is 20.9 Å². The van der Waals surface area contributed by atoms with E-state index in [0.29, 0.717) is 37.7 Å². The van der Waals surface area contributed by atoms with Crippen LogP contribution < -0.4 is 10.4 Å². The largest absolute Gasteiger partial charge is 0.377 e. The summed E-state index contributed by atoms with van der Waals surface area (Å²) in [5, 5.41) is 14.3. The highest BCUT2D eigenvalue weighted by Gasteiger charge is 2.40. The predicted molar refractivity (Wildman–Crippen MR) is 133 cm³/mol. The second-order valence-electron chi connectivity index (χ2n) is 9.54. The summed E-state index contributed by atoms with van der Waals surface area (Å²) in [4.78, 5) is 20.4. The highest BCUT2D eigenvalue weighted by Crippen LogP contribution is 2.33. The second kappa shape index (κ2) is 11.1. The highest BCUT2D eigenvalue weighted by molar-refractivity contribution is 5.93. The molecule has 0 unspecified atom stereocenters. The second-order valence-corrected chi connectivity index (χ2v) is 9.54. The van der Waals surface area contributed by atoms with Gasteiger partial charge in [-0.25, -0.2) is 14.2 Å². The van der Waals surface area contributed by atoms with E-state index >= 15 is 0 Å². The van der Waals surface area contributed by atoms with E-state index in [2.05, 4.69) is 15.6 Å². The fourth-order valence-corrected chi connectivity index (χ4v) is 4.45. The molecule has 0 bridgehead atoms. The monoisotopic (exact) mass is 506 g/mol. The average molecular weight is 507 g/mol. The number of carbonyl (C=O) groups excluding carboxylic acids is 1. The van der Waals surface area contributed by atoms with Gasteiger partial charge in [-0.2, -0.15) is 0 Å². The summed E-state index contributed by atoms with van der Waals surface area (Å²) in [5.41, 5.74) is 5.97. The smallest absolute Gasteiger partial charge is 0.282 e. The molecule has 11 heteroatoms. The number of amidine groups is 1. The Hall–Kier alpha value is -2.79. The lowest BCUT2D eigenvalue weighted by Crippen LogP contribution is -2.53. The van der Waals surface area contributed by atoms with E-state index in [-0.39, 0.29) is 36.8 Å². The van der Waals surface area contributed by atoms with Crippen molar-refractivity contribution in [2.75, 3.05) is 44.4 Å². The Labute approximate surface area is 210 Å². The van der Waals surface area contributed by atoms with Gasteiger partial charge in [0.2, 0.25) is 11.8 Å². The highest BCUT2D eigenvalue weighted by atomic mass is 19.3. The Bertz CT molecular complexity index is 996. The Kier molecular flexibility index (Phi) is 8.09. The van der Waals surface area contributed by atoms with Gasteiger partial charge in [0, 0.05) is 31.6 Å². The van der Waals surface area contributed by atoms with E-state index in [1.807, 2.05) is 26.0 Å². The number of amides is 1. The van der Waals surface area contributed by atoms with Crippen molar-refractivity contribution in [2.45, 2.75) is 58.5 Å². The summed E-state index contributed by atoms with van der Waals surface area (Å²) >= 11 is 0. The van der Waals surface area contributed by atoms with Gasteiger partial charge in [-0.05, 0) is 43.4 Å². The number of oxime groups is 1. The molecule has 2 saturated heterocycles. The van der Waals surface area contributed by atoms with Crippen molar-refractivity contribution < 1.29 is 23.1 Å². The van der Waals surface area contributed by atoms with Crippen LogP contribution in [0.3, 0.4) is 0 Å². The molecule has 1 aromatic rings. The number of carbonyl (C=O) groups is 1. The summed E-state index contributed by atoms with van der Waals surface area (Å²) < 4.78 is 34.4. The van der Waals surface area contributed by atoms with Crippen molar-refractivity contribution in [1.29, 1.82) is 5.41 Å². The molecule has 0 spiro atoms. The number of rotatable bonds is 5. The maximum atomic E-state index is 14.6. The number of nitrogens with zero attached hydrogens (tertiary/aromatic N) is 4. The number of nitrogens with one attached hydrogen (secondary N) is 2. The Morgan fingerprint density at radius 2 is 1.92 bits per heavy atom. The van der Waals surface area contributed by atoms with Gasteiger partial charge in [0.15, 0.2) is 0 Å². The van der Waals surface area contributed by atoms with Gasteiger partial charge in [0.1, 0.15) is 5.84 Å². The zero-order valence-corrected chi connectivity index (χ0v) is 21.2. The number of hydrogen-bond acceptors (Lipinski definition) is 7. The van der Waals surface area contributed by atoms with Gasteiger partial charge in [-0.15, -0.1) is 0 Å². The van der Waals surface area contributed by atoms with Crippen LogP contribution in [0, 0.1) is 11.3 Å². The molecule has 1 aliphatic carbocycles. The van der Waals surface area contributed by atoms with Crippen LogP contribution in [0.5, 0.6) is 0 Å². The van der Waals surface area contributed by atoms with Crippen LogP contribution >= 0.6 is 0 Å². The normalized spacial score (nSPS) is 21.7. The van der Waals surface area contributed by atoms with E-state index in [9.17, 15) is 13.6 Å². The Morgan fingerprint density at radius 1 is 1.22 bits per heavy atom. The lowest BCUT2D eigenvalue weighted by atomic mass is 10.1. The van der Waals surface area contributed by atoms with Crippen LogP contribution in [0.4, 0.5) is 14.5 Å². The van der Waals surface area contributed by atoms with Crippen molar-refractivity contribution in [2.24, 2.45) is 11.1 Å². The molecule has 36 heavy (non-hydrogen) atoms. The Morgan fingerprint density at radius 3 is 2.58 bits per heavy atom. The number of fused-ring (bicyclic) bond motifs is 1. The molecule has 0 aromatic heterocycles. The number of hydrazine groups is 1. The molecule has 1 saturated carbocycles. The van der Waals surface area contributed by atoms with Gasteiger partial charge in [-0.1, -0.05) is 25.1 Å². The van der Waals surface area contributed by atoms with Gasteiger partial charge in [-0.3, -0.25) is 10.2 Å². The number of benzene rings is 1. The fourth-order valence-electron chi connectivity index (χ4n) is 4.45. The first-order valence-electron chi connectivity index (χ1n) is 12.7. The molecule has 198 valence electrons. The molecule has 3 fully saturated rings. The molecule has 0 atom stereocenters. The molecule has 9 nitrogen and oxygen atoms in total. The van der Waals surface area contributed by atoms with Crippen molar-refractivity contribution in [3.63, 3.8) is 0 Å². The number of anilines is 1. The Balaban J connectivity index is 0.00000148. The van der Waals surface area contributed by atoms with Crippen LogP contribution in [0.2, 0.25) is 0 Å². The maximum Gasteiger partial charge on any atom is 0.282 e. The number of halogens is 2.